The number of aliphatic hydroxyl groups excluding tert-OH is 1. The first-order valence-electron chi connectivity index (χ1n) is 17.9. The number of amides is 2. The van der Waals surface area contributed by atoms with Crippen LogP contribution in [-0.2, 0) is 16.0 Å². The van der Waals surface area contributed by atoms with E-state index in [1.54, 1.807) is 23.1 Å². The molecule has 6 nitrogen and oxygen atoms in total. The lowest BCUT2D eigenvalue weighted by molar-refractivity contribution is -0.127. The molecule has 0 aliphatic heterocycles. The lowest BCUT2D eigenvalue weighted by atomic mass is 9.81. The van der Waals surface area contributed by atoms with Crippen molar-refractivity contribution < 1.29 is 19.4 Å². The molecule has 1 aromatic rings. The Labute approximate surface area is 296 Å². The number of nitrogens with zero attached hydrogens (tertiary/aromatic N) is 1. The summed E-state index contributed by atoms with van der Waals surface area (Å²) in [5.41, 5.74) is 7.27. The first-order valence-corrected chi connectivity index (χ1v) is 17.9. The average molecular weight is 669 g/mol. The predicted molar refractivity (Wildman–Crippen MR) is 206 cm³/mol. The van der Waals surface area contributed by atoms with Crippen molar-refractivity contribution >= 4 is 12.0 Å². The van der Waals surface area contributed by atoms with Crippen LogP contribution in [0.3, 0.4) is 0 Å². The second kappa shape index (κ2) is 25.6. The molecular weight excluding hydrogens is 608 g/mol. The number of nitrogens with one attached hydrogen (secondary N) is 1. The summed E-state index contributed by atoms with van der Waals surface area (Å²) in [7, 11) is 0. The number of carbonyl (C=O) groups is 2. The second-order valence-corrected chi connectivity index (χ2v) is 11.3. The van der Waals surface area contributed by atoms with E-state index in [-0.39, 0.29) is 30.1 Å². The maximum atomic E-state index is 13.7. The highest BCUT2D eigenvalue weighted by Crippen LogP contribution is 2.35. The number of carbonyl (C=O) groups excluding carboxylic acids is 2. The van der Waals surface area contributed by atoms with Gasteiger partial charge >= 0.3 is 6.09 Å². The molecule has 6 heteroatoms. The maximum absolute atomic E-state index is 13.7. The van der Waals surface area contributed by atoms with Gasteiger partial charge < -0.3 is 20.1 Å². The van der Waals surface area contributed by atoms with Gasteiger partial charge in [-0.2, -0.15) is 0 Å². The Morgan fingerprint density at radius 1 is 1.04 bits per heavy atom. The van der Waals surface area contributed by atoms with Gasteiger partial charge in [-0.25, -0.2) is 4.79 Å². The number of allylic oxidation sites excluding steroid dienone is 8. The van der Waals surface area contributed by atoms with Crippen LogP contribution in [0, 0.1) is 11.8 Å². The molecular formula is C43H60N2O4. The zero-order valence-electron chi connectivity index (χ0n) is 30.8. The van der Waals surface area contributed by atoms with E-state index in [1.165, 1.54) is 0 Å². The molecule has 3 unspecified atom stereocenters. The fraction of sp³-hybridized carbons (Fsp3) is 0.419. The van der Waals surface area contributed by atoms with E-state index in [2.05, 4.69) is 30.3 Å². The minimum Gasteiger partial charge on any atom is -0.411 e. The van der Waals surface area contributed by atoms with Crippen molar-refractivity contribution in [2.75, 3.05) is 19.7 Å². The molecule has 0 spiro atoms. The van der Waals surface area contributed by atoms with E-state index in [4.69, 9.17) is 4.74 Å². The van der Waals surface area contributed by atoms with E-state index in [1.807, 2.05) is 108 Å². The molecule has 3 atom stereocenters. The van der Waals surface area contributed by atoms with Crippen LogP contribution in [-0.4, -0.2) is 47.7 Å². The van der Waals surface area contributed by atoms with Gasteiger partial charge in [0.1, 0.15) is 5.76 Å². The average Bonchev–Trinajstić information content (AvgIpc) is 3.53. The highest BCUT2D eigenvalue weighted by atomic mass is 16.6. The summed E-state index contributed by atoms with van der Waals surface area (Å²) in [5, 5.41) is 13.2. The molecule has 49 heavy (non-hydrogen) atoms. The van der Waals surface area contributed by atoms with E-state index in [0.29, 0.717) is 19.5 Å². The van der Waals surface area contributed by atoms with Crippen molar-refractivity contribution in [3.8, 4) is 0 Å². The second-order valence-electron chi connectivity index (χ2n) is 11.3. The minimum absolute atomic E-state index is 0.0261. The van der Waals surface area contributed by atoms with Crippen LogP contribution in [0.4, 0.5) is 4.79 Å². The molecule has 2 amide bonds. The van der Waals surface area contributed by atoms with E-state index < -0.39 is 12.1 Å². The highest BCUT2D eigenvalue weighted by Gasteiger charge is 2.32. The molecule has 0 aromatic heterocycles. The van der Waals surface area contributed by atoms with E-state index >= 15 is 0 Å². The monoisotopic (exact) mass is 668 g/mol. The van der Waals surface area contributed by atoms with Crippen LogP contribution in [0.2, 0.25) is 0 Å². The Balaban J connectivity index is 0.00000289. The smallest absolute Gasteiger partial charge is 0.411 e. The van der Waals surface area contributed by atoms with Gasteiger partial charge in [-0.15, -0.1) is 5.73 Å². The molecule has 0 heterocycles. The van der Waals surface area contributed by atoms with E-state index in [0.717, 1.165) is 54.4 Å². The predicted octanol–water partition coefficient (Wildman–Crippen LogP) is 9.75. The molecule has 2 aliphatic carbocycles. The molecule has 2 N–H and O–H groups in total. The summed E-state index contributed by atoms with van der Waals surface area (Å²) in [6.45, 7) is 19.9. The van der Waals surface area contributed by atoms with Gasteiger partial charge in [-0.3, -0.25) is 4.79 Å². The normalized spacial score (nSPS) is 18.0. The summed E-state index contributed by atoms with van der Waals surface area (Å²) < 4.78 is 5.53. The number of aliphatic hydroxyl groups is 1. The fourth-order valence-electron chi connectivity index (χ4n) is 5.76. The third-order valence-electron chi connectivity index (χ3n) is 8.16. The van der Waals surface area contributed by atoms with Crippen molar-refractivity contribution in [2.45, 2.75) is 86.1 Å². The minimum atomic E-state index is -0.478. The molecule has 1 aromatic carbocycles. The summed E-state index contributed by atoms with van der Waals surface area (Å²) in [5.74, 6) is 0.0253. The largest absolute Gasteiger partial charge is 0.415 e. The lowest BCUT2D eigenvalue weighted by Gasteiger charge is -2.28. The molecule has 2 aliphatic rings. The van der Waals surface area contributed by atoms with Gasteiger partial charge in [0, 0.05) is 19.0 Å². The van der Waals surface area contributed by atoms with Crippen molar-refractivity contribution in [3.05, 3.63) is 138 Å². The number of hydrogen-bond donors (Lipinski definition) is 2. The van der Waals surface area contributed by atoms with E-state index in [9.17, 15) is 14.7 Å². The third-order valence-corrected chi connectivity index (χ3v) is 8.16. The standard InChI is InChI=1S/C39H48N2O4.2C2H6/c1-5-8-17-30(4)45-39(44)41(27-26-31-18-11-9-12-19-31)28-32-20-15-21-34(25-24-32)35-22-13-10-14-23-36(35)38(43)40-37(29-42)33(7-3)16-6-2;2*1-2/h5-9,11-12,16-21,24-25,35-37,42H,1,4,10,13-14,22-23,26-29H2,2-3H3,(H,40,43);2*1-2H3/b16-6-,17-8-,33-7+;;. The lowest BCUT2D eigenvalue weighted by Crippen LogP contribution is -2.43. The van der Waals surface area contributed by atoms with Crippen molar-refractivity contribution in [3.63, 3.8) is 0 Å². The molecule has 266 valence electrons. The summed E-state index contributed by atoms with van der Waals surface area (Å²) in [4.78, 5) is 28.6. The van der Waals surface area contributed by atoms with Crippen molar-refractivity contribution in [1.29, 1.82) is 0 Å². The number of ether oxygens (including phenoxy) is 1. The summed E-state index contributed by atoms with van der Waals surface area (Å²) in [6, 6.07) is 9.58. The van der Waals surface area contributed by atoms with Gasteiger partial charge in [0.05, 0.1) is 12.6 Å². The molecule has 1 saturated carbocycles. The van der Waals surface area contributed by atoms with Crippen LogP contribution in [0.1, 0.15) is 79.2 Å². The molecule has 3 rings (SSSR count). The number of benzene rings is 1. The van der Waals surface area contributed by atoms with Crippen molar-refractivity contribution in [1.82, 2.24) is 10.2 Å². The SMILES string of the molecule is C=C/C=C\C(=C)OC(=O)N(CCc1ccccc1)CC1=CC=C(C2CCCCCC2C(=O)NC(CO)C(/C=C\C)=C/C)C=C=C1.CC.CC. The number of hydrogen-bond acceptors (Lipinski definition) is 4. The van der Waals surface area contributed by atoms with Crippen LogP contribution in [0.5, 0.6) is 0 Å². The van der Waals surface area contributed by atoms with Crippen LogP contribution >= 0.6 is 0 Å². The Kier molecular flexibility index (Phi) is 22.3. The fourth-order valence-corrected chi connectivity index (χ4v) is 5.76. The van der Waals surface area contributed by atoms with Crippen LogP contribution in [0.15, 0.2) is 132 Å². The number of rotatable bonds is 14. The van der Waals surface area contributed by atoms with Crippen molar-refractivity contribution in [2.24, 2.45) is 11.8 Å². The molecule has 0 bridgehead atoms. The topological polar surface area (TPSA) is 78.9 Å². The summed E-state index contributed by atoms with van der Waals surface area (Å²) >= 11 is 0. The van der Waals surface area contributed by atoms with Crippen LogP contribution < -0.4 is 5.32 Å². The quantitative estimate of drug-likeness (QED) is 0.0896. The van der Waals surface area contributed by atoms with Gasteiger partial charge in [0.15, 0.2) is 0 Å². The summed E-state index contributed by atoms with van der Waals surface area (Å²) in [6.07, 6.45) is 23.6. The maximum Gasteiger partial charge on any atom is 0.415 e. The van der Waals surface area contributed by atoms with Gasteiger partial charge in [-0.1, -0.05) is 133 Å². The van der Waals surface area contributed by atoms with Gasteiger partial charge in [-0.05, 0) is 79.5 Å². The van der Waals surface area contributed by atoms with Crippen LogP contribution in [0.25, 0.3) is 0 Å². The Hall–Kier alpha value is -4.38. The first-order chi connectivity index (χ1) is 23.9. The zero-order valence-corrected chi connectivity index (χ0v) is 30.8. The third kappa shape index (κ3) is 15.2. The first kappa shape index (κ1) is 42.6. The Morgan fingerprint density at radius 3 is 2.41 bits per heavy atom. The molecule has 0 radical (unpaired) electrons. The molecule has 1 fully saturated rings. The Morgan fingerprint density at radius 2 is 1.76 bits per heavy atom. The van der Waals surface area contributed by atoms with Gasteiger partial charge in [0.25, 0.3) is 0 Å². The molecule has 0 saturated heterocycles. The Bertz CT molecular complexity index is 1390. The van der Waals surface area contributed by atoms with Gasteiger partial charge in [0.2, 0.25) is 5.91 Å². The zero-order chi connectivity index (χ0) is 36.4. The highest BCUT2D eigenvalue weighted by molar-refractivity contribution is 5.80.